The zero-order valence-electron chi connectivity index (χ0n) is 19.9. The van der Waals surface area contributed by atoms with Crippen LogP contribution in [0.4, 0.5) is 4.79 Å². The van der Waals surface area contributed by atoms with Crippen LogP contribution in [0.3, 0.4) is 0 Å². The monoisotopic (exact) mass is 549 g/mol. The van der Waals surface area contributed by atoms with Gasteiger partial charge in [-0.15, -0.1) is 24.0 Å². The van der Waals surface area contributed by atoms with E-state index in [4.69, 9.17) is 14.3 Å². The van der Waals surface area contributed by atoms with Crippen LogP contribution in [-0.2, 0) is 17.7 Å². The van der Waals surface area contributed by atoms with Crippen LogP contribution in [0.1, 0.15) is 65.8 Å². The van der Waals surface area contributed by atoms with Gasteiger partial charge in [0.15, 0.2) is 11.7 Å². The van der Waals surface area contributed by atoms with Crippen molar-refractivity contribution in [3.8, 4) is 0 Å². The molecule has 0 spiro atoms. The lowest BCUT2D eigenvalue weighted by molar-refractivity contribution is 0.0214. The van der Waals surface area contributed by atoms with Gasteiger partial charge in [0.1, 0.15) is 12.1 Å². The predicted molar refractivity (Wildman–Crippen MR) is 134 cm³/mol. The fourth-order valence-electron chi connectivity index (χ4n) is 3.47. The number of hydrogen-bond donors (Lipinski definition) is 1. The van der Waals surface area contributed by atoms with E-state index in [1.165, 1.54) is 0 Å². The molecule has 1 aromatic heterocycles. The third-order valence-electron chi connectivity index (χ3n) is 5.12. The van der Waals surface area contributed by atoms with Crippen LogP contribution in [0.15, 0.2) is 15.6 Å². The maximum Gasteiger partial charge on any atom is 0.410 e. The Morgan fingerprint density at radius 1 is 1.32 bits per heavy atom. The Morgan fingerprint density at radius 2 is 2.00 bits per heavy atom. The SMILES string of the molecule is CCNC(=NCc1cc(CC)no1)N1CCC(CN(CC)C(=O)OC(C)(C)C)CC1.I. The van der Waals surface area contributed by atoms with Crippen molar-refractivity contribution in [2.45, 2.75) is 73.0 Å². The molecule has 2 heterocycles. The Bertz CT molecular complexity index is 694. The second kappa shape index (κ2) is 13.1. The van der Waals surface area contributed by atoms with Gasteiger partial charge in [-0.05, 0) is 59.8 Å². The fraction of sp³-hybridized carbons (Fsp3) is 0.773. The van der Waals surface area contributed by atoms with Crippen LogP contribution in [-0.4, -0.2) is 65.3 Å². The number of aromatic nitrogens is 1. The van der Waals surface area contributed by atoms with Gasteiger partial charge in [0.25, 0.3) is 0 Å². The summed E-state index contributed by atoms with van der Waals surface area (Å²) < 4.78 is 10.9. The molecule has 1 saturated heterocycles. The molecule has 2 rings (SSSR count). The molecule has 1 amide bonds. The molecule has 0 aromatic carbocycles. The number of halogens is 1. The highest BCUT2D eigenvalue weighted by Crippen LogP contribution is 2.20. The molecule has 1 aliphatic rings. The summed E-state index contributed by atoms with van der Waals surface area (Å²) in [7, 11) is 0. The van der Waals surface area contributed by atoms with Gasteiger partial charge in [-0.1, -0.05) is 12.1 Å². The number of nitrogens with zero attached hydrogens (tertiary/aromatic N) is 4. The van der Waals surface area contributed by atoms with Crippen LogP contribution in [0.2, 0.25) is 0 Å². The lowest BCUT2D eigenvalue weighted by Gasteiger charge is -2.36. The van der Waals surface area contributed by atoms with Gasteiger partial charge < -0.3 is 24.4 Å². The van der Waals surface area contributed by atoms with E-state index in [-0.39, 0.29) is 30.1 Å². The number of nitrogens with one attached hydrogen (secondary N) is 1. The number of likely N-dealkylation sites (tertiary alicyclic amines) is 1. The van der Waals surface area contributed by atoms with E-state index in [0.29, 0.717) is 19.0 Å². The van der Waals surface area contributed by atoms with Gasteiger partial charge in [0.2, 0.25) is 0 Å². The molecule has 0 atom stereocenters. The molecule has 31 heavy (non-hydrogen) atoms. The summed E-state index contributed by atoms with van der Waals surface area (Å²) >= 11 is 0. The van der Waals surface area contributed by atoms with Gasteiger partial charge in [-0.25, -0.2) is 9.79 Å². The maximum atomic E-state index is 12.4. The van der Waals surface area contributed by atoms with Crippen molar-refractivity contribution in [2.75, 3.05) is 32.7 Å². The number of amides is 1. The van der Waals surface area contributed by atoms with Gasteiger partial charge in [-0.2, -0.15) is 0 Å². The van der Waals surface area contributed by atoms with E-state index in [0.717, 1.165) is 62.9 Å². The second-order valence-corrected chi connectivity index (χ2v) is 8.76. The normalized spacial score (nSPS) is 15.4. The molecule has 0 bridgehead atoms. The summed E-state index contributed by atoms with van der Waals surface area (Å²) in [6.07, 6.45) is 2.68. The minimum atomic E-state index is -0.466. The molecular weight excluding hydrogens is 509 g/mol. The molecule has 8 nitrogen and oxygen atoms in total. The van der Waals surface area contributed by atoms with E-state index < -0.39 is 5.60 Å². The average Bonchev–Trinajstić information content (AvgIpc) is 3.16. The molecule has 0 radical (unpaired) electrons. The molecule has 1 aliphatic heterocycles. The summed E-state index contributed by atoms with van der Waals surface area (Å²) in [5.41, 5.74) is 0.489. The minimum Gasteiger partial charge on any atom is -0.444 e. The number of rotatable bonds is 7. The highest BCUT2D eigenvalue weighted by Gasteiger charge is 2.27. The second-order valence-electron chi connectivity index (χ2n) is 8.76. The van der Waals surface area contributed by atoms with E-state index in [1.807, 2.05) is 38.7 Å². The highest BCUT2D eigenvalue weighted by atomic mass is 127. The van der Waals surface area contributed by atoms with Crippen molar-refractivity contribution in [2.24, 2.45) is 10.9 Å². The largest absolute Gasteiger partial charge is 0.444 e. The first kappa shape index (κ1) is 27.5. The Balaban J connectivity index is 0.00000480. The van der Waals surface area contributed by atoms with Crippen molar-refractivity contribution in [1.29, 1.82) is 0 Å². The molecule has 178 valence electrons. The molecular formula is C22H40IN5O3. The van der Waals surface area contributed by atoms with Crippen molar-refractivity contribution in [3.63, 3.8) is 0 Å². The first-order valence-electron chi connectivity index (χ1n) is 11.2. The molecule has 1 aromatic rings. The highest BCUT2D eigenvalue weighted by molar-refractivity contribution is 14.0. The van der Waals surface area contributed by atoms with Crippen LogP contribution in [0.25, 0.3) is 0 Å². The summed E-state index contributed by atoms with van der Waals surface area (Å²) in [6.45, 7) is 16.4. The maximum absolute atomic E-state index is 12.4. The average molecular weight is 549 g/mol. The Kier molecular flexibility index (Phi) is 11.6. The summed E-state index contributed by atoms with van der Waals surface area (Å²) in [5.74, 6) is 2.16. The number of carbonyl (C=O) groups excluding carboxylic acids is 1. The lowest BCUT2D eigenvalue weighted by Crippen LogP contribution is -2.47. The predicted octanol–water partition coefficient (Wildman–Crippen LogP) is 4.29. The van der Waals surface area contributed by atoms with Crippen molar-refractivity contribution in [1.82, 2.24) is 20.3 Å². The molecule has 0 aliphatic carbocycles. The number of hydrogen-bond acceptors (Lipinski definition) is 5. The Morgan fingerprint density at radius 3 is 2.52 bits per heavy atom. The van der Waals surface area contributed by atoms with Crippen molar-refractivity contribution < 1.29 is 14.1 Å². The van der Waals surface area contributed by atoms with Crippen LogP contribution in [0.5, 0.6) is 0 Å². The number of ether oxygens (including phenoxy) is 1. The molecule has 0 unspecified atom stereocenters. The summed E-state index contributed by atoms with van der Waals surface area (Å²) in [5, 5.41) is 7.42. The van der Waals surface area contributed by atoms with Gasteiger partial charge in [-0.3, -0.25) is 0 Å². The van der Waals surface area contributed by atoms with Gasteiger partial charge in [0, 0.05) is 38.8 Å². The Labute approximate surface area is 204 Å². The molecule has 1 N–H and O–H groups in total. The van der Waals surface area contributed by atoms with E-state index in [1.54, 1.807) is 0 Å². The summed E-state index contributed by atoms with van der Waals surface area (Å²) in [4.78, 5) is 21.3. The first-order chi connectivity index (χ1) is 14.3. The van der Waals surface area contributed by atoms with E-state index in [9.17, 15) is 4.79 Å². The number of guanidine groups is 1. The first-order valence-corrected chi connectivity index (χ1v) is 11.2. The molecule has 0 saturated carbocycles. The zero-order valence-corrected chi connectivity index (χ0v) is 22.3. The van der Waals surface area contributed by atoms with Gasteiger partial charge >= 0.3 is 6.09 Å². The topological polar surface area (TPSA) is 83.2 Å². The number of carbonyl (C=O) groups is 1. The number of piperidine rings is 1. The summed E-state index contributed by atoms with van der Waals surface area (Å²) in [6, 6.07) is 1.97. The minimum absolute atomic E-state index is 0. The molecule has 1 fully saturated rings. The van der Waals surface area contributed by atoms with Crippen molar-refractivity contribution >= 4 is 36.0 Å². The smallest absolute Gasteiger partial charge is 0.410 e. The van der Waals surface area contributed by atoms with Crippen LogP contribution < -0.4 is 5.32 Å². The van der Waals surface area contributed by atoms with Crippen LogP contribution >= 0.6 is 24.0 Å². The number of aryl methyl sites for hydroxylation is 1. The van der Waals surface area contributed by atoms with E-state index in [2.05, 4.69) is 29.2 Å². The Hall–Kier alpha value is -1.52. The van der Waals surface area contributed by atoms with E-state index >= 15 is 0 Å². The van der Waals surface area contributed by atoms with Crippen LogP contribution in [0, 0.1) is 5.92 Å². The fourth-order valence-corrected chi connectivity index (χ4v) is 3.47. The standard InChI is InChI=1S/C22H39N5O3.HI/c1-7-18-14-19(30-25-18)15-24-20(23-8-2)27-12-10-17(11-13-27)16-26(9-3)21(28)29-22(4,5)6;/h14,17H,7-13,15-16H2,1-6H3,(H,23,24);1H. The quantitative estimate of drug-likeness (QED) is 0.311. The molecule has 9 heteroatoms. The third-order valence-corrected chi connectivity index (χ3v) is 5.12. The van der Waals surface area contributed by atoms with Crippen molar-refractivity contribution in [3.05, 3.63) is 17.5 Å². The third kappa shape index (κ3) is 9.24. The lowest BCUT2D eigenvalue weighted by atomic mass is 9.96. The zero-order chi connectivity index (χ0) is 22.1. The van der Waals surface area contributed by atoms with Gasteiger partial charge in [0.05, 0.1) is 5.69 Å². The number of aliphatic imine (C=N–C) groups is 1.